The first-order valence-electron chi connectivity index (χ1n) is 5.06. The molecule has 0 aliphatic rings. The van der Waals surface area contributed by atoms with Crippen molar-refractivity contribution in [2.24, 2.45) is 0 Å². The average molecular weight is 210 g/mol. The Morgan fingerprint density at radius 2 is 1.81 bits per heavy atom. The van der Waals surface area contributed by atoms with Crippen molar-refractivity contribution in [3.05, 3.63) is 54.9 Å². The van der Waals surface area contributed by atoms with Crippen LogP contribution in [0.3, 0.4) is 0 Å². The summed E-state index contributed by atoms with van der Waals surface area (Å²) in [5.74, 6) is 1.08. The summed E-state index contributed by atoms with van der Waals surface area (Å²) in [6, 6.07) is 13.4. The third kappa shape index (κ3) is 1.34. The summed E-state index contributed by atoms with van der Waals surface area (Å²) < 4.78 is 1.88. The van der Waals surface area contributed by atoms with Crippen molar-refractivity contribution in [3.8, 4) is 17.1 Å². The number of hydrogen-bond acceptors (Lipinski definition) is 2. The molecule has 0 aliphatic heterocycles. The molecule has 3 heteroatoms. The highest BCUT2D eigenvalue weighted by Crippen LogP contribution is 2.21. The molecule has 3 nitrogen and oxygen atoms in total. The first kappa shape index (κ1) is 8.97. The van der Waals surface area contributed by atoms with Gasteiger partial charge < -0.3 is 5.11 Å². The Labute approximate surface area is 92.6 Å². The number of rotatable bonds is 1. The molecule has 1 N–H and O–H groups in total. The maximum atomic E-state index is 9.47. The largest absolute Gasteiger partial charge is 0.506 e. The van der Waals surface area contributed by atoms with Crippen LogP contribution in [0.1, 0.15) is 0 Å². The standard InChI is InChI=1S/C13H10N2O/c16-12-7-6-11-8-14-13(15(11)9-12)10-4-2-1-3-5-10/h1-9,16H. The number of pyridine rings is 1. The Balaban J connectivity index is 2.29. The number of imidazole rings is 1. The van der Waals surface area contributed by atoms with Gasteiger partial charge >= 0.3 is 0 Å². The fourth-order valence-corrected chi connectivity index (χ4v) is 1.78. The molecule has 0 amide bonds. The summed E-state index contributed by atoms with van der Waals surface area (Å²) >= 11 is 0. The molecule has 16 heavy (non-hydrogen) atoms. The predicted molar refractivity (Wildman–Crippen MR) is 62.3 cm³/mol. The number of aromatic hydroxyl groups is 1. The molecule has 0 saturated carbocycles. The Bertz CT molecular complexity index is 629. The molecular weight excluding hydrogens is 200 g/mol. The zero-order chi connectivity index (χ0) is 11.0. The third-order valence-corrected chi connectivity index (χ3v) is 2.54. The van der Waals surface area contributed by atoms with Crippen molar-refractivity contribution < 1.29 is 5.11 Å². The van der Waals surface area contributed by atoms with Gasteiger partial charge in [0.15, 0.2) is 0 Å². The van der Waals surface area contributed by atoms with Crippen LogP contribution in [0.4, 0.5) is 0 Å². The van der Waals surface area contributed by atoms with Crippen LogP contribution >= 0.6 is 0 Å². The molecule has 2 aromatic heterocycles. The van der Waals surface area contributed by atoms with Crippen LogP contribution in [0.15, 0.2) is 54.9 Å². The van der Waals surface area contributed by atoms with Gasteiger partial charge in [-0.1, -0.05) is 30.3 Å². The van der Waals surface area contributed by atoms with Crippen LogP contribution < -0.4 is 0 Å². The van der Waals surface area contributed by atoms with E-state index in [0.29, 0.717) is 0 Å². The average Bonchev–Trinajstić information content (AvgIpc) is 2.73. The van der Waals surface area contributed by atoms with Gasteiger partial charge in [0, 0.05) is 5.56 Å². The highest BCUT2D eigenvalue weighted by Gasteiger charge is 2.05. The van der Waals surface area contributed by atoms with Crippen molar-refractivity contribution in [2.45, 2.75) is 0 Å². The van der Waals surface area contributed by atoms with E-state index >= 15 is 0 Å². The third-order valence-electron chi connectivity index (χ3n) is 2.54. The second kappa shape index (κ2) is 3.38. The quantitative estimate of drug-likeness (QED) is 0.670. The summed E-state index contributed by atoms with van der Waals surface area (Å²) in [7, 11) is 0. The molecular formula is C13H10N2O. The maximum Gasteiger partial charge on any atom is 0.144 e. The van der Waals surface area contributed by atoms with E-state index in [4.69, 9.17) is 0 Å². The van der Waals surface area contributed by atoms with E-state index in [2.05, 4.69) is 4.98 Å². The highest BCUT2D eigenvalue weighted by atomic mass is 16.3. The summed E-state index contributed by atoms with van der Waals surface area (Å²) in [6.07, 6.45) is 3.46. The summed E-state index contributed by atoms with van der Waals surface area (Å²) in [5, 5.41) is 9.47. The van der Waals surface area contributed by atoms with Gasteiger partial charge in [-0.25, -0.2) is 4.98 Å². The van der Waals surface area contributed by atoms with Crippen LogP contribution in [-0.4, -0.2) is 14.5 Å². The van der Waals surface area contributed by atoms with Crippen molar-refractivity contribution in [2.75, 3.05) is 0 Å². The fourth-order valence-electron chi connectivity index (χ4n) is 1.78. The molecule has 78 valence electrons. The van der Waals surface area contributed by atoms with E-state index in [0.717, 1.165) is 16.9 Å². The normalized spacial score (nSPS) is 10.8. The Morgan fingerprint density at radius 1 is 1.00 bits per heavy atom. The van der Waals surface area contributed by atoms with Gasteiger partial charge in [0.1, 0.15) is 11.6 Å². The zero-order valence-electron chi connectivity index (χ0n) is 8.54. The minimum atomic E-state index is 0.239. The number of aromatic nitrogens is 2. The van der Waals surface area contributed by atoms with Crippen molar-refractivity contribution in [1.29, 1.82) is 0 Å². The first-order valence-corrected chi connectivity index (χ1v) is 5.06. The second-order valence-electron chi connectivity index (χ2n) is 3.63. The van der Waals surface area contributed by atoms with Gasteiger partial charge in [-0.05, 0) is 12.1 Å². The zero-order valence-corrected chi connectivity index (χ0v) is 8.54. The molecule has 0 bridgehead atoms. The smallest absolute Gasteiger partial charge is 0.144 e. The van der Waals surface area contributed by atoms with E-state index in [1.54, 1.807) is 18.5 Å². The van der Waals surface area contributed by atoms with Crippen molar-refractivity contribution in [1.82, 2.24) is 9.38 Å². The second-order valence-corrected chi connectivity index (χ2v) is 3.63. The van der Waals surface area contributed by atoms with Crippen LogP contribution in [0, 0.1) is 0 Å². The minimum absolute atomic E-state index is 0.239. The molecule has 0 aliphatic carbocycles. The van der Waals surface area contributed by atoms with E-state index in [9.17, 15) is 5.11 Å². The van der Waals surface area contributed by atoms with Gasteiger partial charge in [-0.2, -0.15) is 0 Å². The fraction of sp³-hybridized carbons (Fsp3) is 0. The molecule has 0 saturated heterocycles. The van der Waals surface area contributed by atoms with Crippen LogP contribution in [-0.2, 0) is 0 Å². The Kier molecular flexibility index (Phi) is 1.90. The SMILES string of the molecule is Oc1ccc2cnc(-c3ccccc3)n2c1. The van der Waals surface area contributed by atoms with Crippen LogP contribution in [0.5, 0.6) is 5.75 Å². The van der Waals surface area contributed by atoms with Crippen molar-refractivity contribution in [3.63, 3.8) is 0 Å². The monoisotopic (exact) mass is 210 g/mol. The van der Waals surface area contributed by atoms with Gasteiger partial charge in [-0.3, -0.25) is 4.40 Å². The lowest BCUT2D eigenvalue weighted by Crippen LogP contribution is -1.88. The molecule has 0 unspecified atom stereocenters. The van der Waals surface area contributed by atoms with E-state index in [-0.39, 0.29) is 5.75 Å². The van der Waals surface area contributed by atoms with E-state index in [1.807, 2.05) is 40.8 Å². The molecule has 3 aromatic rings. The number of benzene rings is 1. The van der Waals surface area contributed by atoms with Crippen LogP contribution in [0.2, 0.25) is 0 Å². The lowest BCUT2D eigenvalue weighted by molar-refractivity contribution is 0.472. The molecule has 1 aromatic carbocycles. The molecule has 3 rings (SSSR count). The van der Waals surface area contributed by atoms with E-state index in [1.165, 1.54) is 0 Å². The Morgan fingerprint density at radius 3 is 2.62 bits per heavy atom. The molecule has 0 radical (unpaired) electrons. The molecule has 2 heterocycles. The first-order chi connectivity index (χ1) is 7.84. The molecule has 0 atom stereocenters. The number of fused-ring (bicyclic) bond motifs is 1. The van der Waals surface area contributed by atoms with Gasteiger partial charge in [0.05, 0.1) is 17.9 Å². The maximum absolute atomic E-state index is 9.47. The van der Waals surface area contributed by atoms with Crippen LogP contribution in [0.25, 0.3) is 16.9 Å². The van der Waals surface area contributed by atoms with E-state index < -0.39 is 0 Å². The predicted octanol–water partition coefficient (Wildman–Crippen LogP) is 2.71. The number of hydrogen-bond donors (Lipinski definition) is 1. The highest BCUT2D eigenvalue weighted by molar-refractivity contribution is 5.62. The molecule has 0 spiro atoms. The Hall–Kier alpha value is -2.29. The summed E-state index contributed by atoms with van der Waals surface area (Å²) in [5.41, 5.74) is 2.00. The van der Waals surface area contributed by atoms with Gasteiger partial charge in [0.25, 0.3) is 0 Å². The summed E-state index contributed by atoms with van der Waals surface area (Å²) in [4.78, 5) is 4.36. The lowest BCUT2D eigenvalue weighted by atomic mass is 10.2. The minimum Gasteiger partial charge on any atom is -0.506 e. The van der Waals surface area contributed by atoms with Gasteiger partial charge in [0.2, 0.25) is 0 Å². The lowest BCUT2D eigenvalue weighted by Gasteiger charge is -2.01. The summed E-state index contributed by atoms with van der Waals surface area (Å²) in [6.45, 7) is 0. The van der Waals surface area contributed by atoms with Gasteiger partial charge in [-0.15, -0.1) is 0 Å². The topological polar surface area (TPSA) is 37.5 Å². The molecule has 0 fully saturated rings. The van der Waals surface area contributed by atoms with Crippen molar-refractivity contribution >= 4 is 5.52 Å². The number of nitrogens with zero attached hydrogens (tertiary/aromatic N) is 2.